The maximum Gasteiger partial charge on any atom is 0.307 e. The molecule has 0 spiro atoms. The molecule has 4 aliphatic carbocycles. The van der Waals surface area contributed by atoms with Crippen molar-refractivity contribution in [3.63, 3.8) is 0 Å². The van der Waals surface area contributed by atoms with E-state index in [0.29, 0.717) is 64.8 Å². The van der Waals surface area contributed by atoms with E-state index in [1.54, 1.807) is 48.8 Å². The molecule has 4 unspecified atom stereocenters. The number of hydrogen-bond acceptors (Lipinski definition) is 19. The van der Waals surface area contributed by atoms with E-state index in [-0.39, 0.29) is 199 Å². The lowest BCUT2D eigenvalue weighted by Crippen LogP contribution is -2.50. The van der Waals surface area contributed by atoms with Crippen LogP contribution in [0.25, 0.3) is 0 Å². The zero-order chi connectivity index (χ0) is 81.8. The van der Waals surface area contributed by atoms with E-state index >= 15 is 0 Å². The summed E-state index contributed by atoms with van der Waals surface area (Å²) in [5.41, 5.74) is -1.57. The molecule has 16 atom stereocenters. The highest BCUT2D eigenvalue weighted by molar-refractivity contribution is 6.38. The second-order valence-electron chi connectivity index (χ2n) is 38.3. The minimum absolute atomic E-state index is 0.00171. The summed E-state index contributed by atoms with van der Waals surface area (Å²) in [5, 5.41) is 0. The van der Waals surface area contributed by atoms with Crippen LogP contribution in [0.3, 0.4) is 0 Å². The number of allylic oxidation sites excluding steroid dienone is 2. The Kier molecular flexibility index (Phi) is 31.1. The molecule has 616 valence electrons. The number of aliphatic imine (C=N–C) groups is 1. The summed E-state index contributed by atoms with van der Waals surface area (Å²) in [6.07, 6.45) is 19.6. The van der Waals surface area contributed by atoms with E-state index in [1.165, 1.54) is 9.80 Å². The van der Waals surface area contributed by atoms with Gasteiger partial charge in [-0.15, -0.1) is 13.2 Å². The van der Waals surface area contributed by atoms with Crippen molar-refractivity contribution in [1.82, 2.24) is 19.6 Å². The Hall–Kier alpha value is -6.84. The number of nitrogens with zero attached hydrogens (tertiary/aromatic N) is 5. The molecule has 0 aromatic rings. The van der Waals surface area contributed by atoms with Gasteiger partial charge in [-0.2, -0.15) is 0 Å². The van der Waals surface area contributed by atoms with Gasteiger partial charge in [0, 0.05) is 107 Å². The zero-order valence-electron chi connectivity index (χ0n) is 69.1. The second-order valence-corrected chi connectivity index (χ2v) is 38.3. The number of esters is 1. The Balaban J connectivity index is 0.000000231. The van der Waals surface area contributed by atoms with Gasteiger partial charge in [0.15, 0.2) is 23.1 Å². The molecule has 6 aliphatic heterocycles. The lowest BCUT2D eigenvalue weighted by Gasteiger charge is -2.37. The molecular formula is C88H131N5O18. The molecule has 6 amide bonds. The van der Waals surface area contributed by atoms with Crippen LogP contribution in [-0.2, 0) is 86.1 Å². The van der Waals surface area contributed by atoms with E-state index < -0.39 is 76.5 Å². The Bertz CT molecular complexity index is 3480. The smallest absolute Gasteiger partial charge is 0.307 e. The average Bonchev–Trinajstić information content (AvgIpc) is 1.53. The van der Waals surface area contributed by atoms with Crippen molar-refractivity contribution in [2.24, 2.45) is 104 Å². The highest BCUT2D eigenvalue weighted by Gasteiger charge is 2.71. The third kappa shape index (κ3) is 22.8. The standard InChI is InChI=1S/C42H62N2O8.C32H49NO7.C14H20N2O3/c1-7-8-15-33(46)37(48)26-14-12-10-9-11-13-18-52-25-29(40(51)43-24-32-35(42(32,5)6)36(43)34(47)21-26)20-31(45)22-30(41(2,3)4)23-44-38(49)27-16-17-28(19-27)39(44)50;1-7-8-15-24(34)29(37)21-14-12-10-9-11-13-16-39-20-22(18-26(36)40-31(2,3)4)30(38)33-19-23-27(32(23,5)6)28(33)25(35)17-21;1-14(2,3)11(15-8-17)7-16-12(18)9-4-5-10(6-9)13(16)19/h7,26-30,32,35-36H,1,8-25H2,2-6H3;7,21-23,27-28H,1,8-20H2,2-6H3;9-11H,4-7H2,1-3H3/t26-,27?,28?,29+,30-,32+,35+,36-;21-,22+,23+,27+,28-;9?,10?,11-/m111/s1. The summed E-state index contributed by atoms with van der Waals surface area (Å²) >= 11 is 0. The van der Waals surface area contributed by atoms with Crippen molar-refractivity contribution in [1.29, 1.82) is 0 Å². The number of isocyanates is 1. The van der Waals surface area contributed by atoms with Gasteiger partial charge in [-0.25, -0.2) is 9.79 Å². The minimum Gasteiger partial charge on any atom is -0.460 e. The third-order valence-electron chi connectivity index (χ3n) is 26.3. The van der Waals surface area contributed by atoms with Gasteiger partial charge < -0.3 is 24.0 Å². The summed E-state index contributed by atoms with van der Waals surface area (Å²) in [4.78, 5) is 206. The van der Waals surface area contributed by atoms with Crippen molar-refractivity contribution in [2.45, 2.75) is 287 Å². The van der Waals surface area contributed by atoms with Crippen LogP contribution in [0.4, 0.5) is 0 Å². The van der Waals surface area contributed by atoms with Crippen molar-refractivity contribution in [3.05, 3.63) is 25.3 Å². The summed E-state index contributed by atoms with van der Waals surface area (Å²) < 4.78 is 17.4. The zero-order valence-corrected chi connectivity index (χ0v) is 69.1. The Labute approximate surface area is 659 Å². The molecule has 0 N–H and O–H groups in total. The van der Waals surface area contributed by atoms with Gasteiger partial charge in [0.05, 0.1) is 56.1 Å². The lowest BCUT2D eigenvalue weighted by atomic mass is 9.76. The number of amides is 6. The van der Waals surface area contributed by atoms with Gasteiger partial charge in [0.25, 0.3) is 0 Å². The molecule has 0 aromatic carbocycles. The average molecular weight is 1550 g/mol. The Morgan fingerprint density at radius 1 is 0.532 bits per heavy atom. The van der Waals surface area contributed by atoms with Crippen molar-refractivity contribution < 1.29 is 86.1 Å². The molecule has 10 fully saturated rings. The summed E-state index contributed by atoms with van der Waals surface area (Å²) in [6, 6.07) is -1.78. The largest absolute Gasteiger partial charge is 0.460 e. The Morgan fingerprint density at radius 3 is 1.30 bits per heavy atom. The molecule has 0 radical (unpaired) electrons. The number of piperidine rings is 4. The summed E-state index contributed by atoms with van der Waals surface area (Å²) in [6.45, 7) is 35.2. The molecular weight excluding hydrogens is 1410 g/mol. The van der Waals surface area contributed by atoms with Crippen LogP contribution in [-0.4, -0.2) is 184 Å². The van der Waals surface area contributed by atoms with E-state index in [2.05, 4.69) is 45.8 Å². The number of rotatable bonds is 21. The molecule has 0 aromatic heterocycles. The number of hydrogen-bond donors (Lipinski definition) is 0. The maximum atomic E-state index is 14.5. The van der Waals surface area contributed by atoms with Crippen molar-refractivity contribution in [3.8, 4) is 0 Å². The predicted octanol–water partition coefficient (Wildman–Crippen LogP) is 12.3. The fraction of sp³-hybridized carbons (Fsp3) is 0.784. The van der Waals surface area contributed by atoms with Crippen LogP contribution in [0.2, 0.25) is 0 Å². The normalized spacial score (nSPS) is 30.5. The van der Waals surface area contributed by atoms with Gasteiger partial charge >= 0.3 is 5.97 Å². The number of carbonyl (C=O) groups is 14. The SMILES string of the molecule is C=CCCC(=O)C(=O)[C@@H]1CCCCCCCOC[C@H](CC(=O)C[C@H](CN2C(=O)C3CCC(C3)C2=O)C(C)(C)C)C(=O)N2C[C@H]3[C@@H]([C@H]2C(=O)C1)C3(C)C.C=CCCC(=O)C(=O)[C@@H]1CCCCCCCOC[C@H](CC(=O)OC(C)(C)C)C(=O)N2C[C@H]3[C@@H]([C@H]2C(=O)C1)C3(C)C.CC(C)(C)[C@@H](CN1C(=O)C2CCC(C2)C1=O)N=C=O. The maximum absolute atomic E-state index is 14.5. The molecule has 4 saturated carbocycles. The minimum atomic E-state index is -0.788. The summed E-state index contributed by atoms with van der Waals surface area (Å²) in [5.74, 6) is -7.04. The third-order valence-corrected chi connectivity index (χ3v) is 26.3. The van der Waals surface area contributed by atoms with Gasteiger partial charge in [-0.05, 0) is 149 Å². The molecule has 111 heavy (non-hydrogen) atoms. The van der Waals surface area contributed by atoms with Gasteiger partial charge in [-0.1, -0.05) is 133 Å². The lowest BCUT2D eigenvalue weighted by molar-refractivity contribution is -0.160. The first-order valence-electron chi connectivity index (χ1n) is 41.9. The highest BCUT2D eigenvalue weighted by Crippen LogP contribution is 2.66. The van der Waals surface area contributed by atoms with Gasteiger partial charge in [0.1, 0.15) is 11.4 Å². The number of ketones is 7. The molecule has 4 bridgehead atoms. The number of fused-ring (bicyclic) bond motifs is 10. The predicted molar refractivity (Wildman–Crippen MR) is 416 cm³/mol. The number of carbonyl (C=O) groups excluding carboxylic acids is 15. The number of ether oxygens (including phenoxy) is 3. The van der Waals surface area contributed by atoms with Crippen molar-refractivity contribution in [2.75, 3.05) is 52.6 Å². The number of imide groups is 2. The molecule has 6 heterocycles. The summed E-state index contributed by atoms with van der Waals surface area (Å²) in [7, 11) is 0. The fourth-order valence-electron chi connectivity index (χ4n) is 19.1. The molecule has 23 nitrogen and oxygen atoms in total. The fourth-order valence-corrected chi connectivity index (χ4v) is 19.1. The van der Waals surface area contributed by atoms with Crippen LogP contribution in [0.1, 0.15) is 263 Å². The molecule has 23 heteroatoms. The van der Waals surface area contributed by atoms with Crippen LogP contribution >= 0.6 is 0 Å². The van der Waals surface area contributed by atoms with E-state index in [4.69, 9.17) is 14.2 Å². The van der Waals surface area contributed by atoms with Gasteiger partial charge in [0.2, 0.25) is 53.1 Å². The monoisotopic (exact) mass is 1550 g/mol. The van der Waals surface area contributed by atoms with Crippen LogP contribution < -0.4 is 0 Å². The first kappa shape index (κ1) is 89.7. The molecule has 10 rings (SSSR count). The van der Waals surface area contributed by atoms with Crippen LogP contribution in [0.15, 0.2) is 30.3 Å². The first-order valence-corrected chi connectivity index (χ1v) is 41.9. The topological polar surface area (TPSA) is 309 Å². The van der Waals surface area contributed by atoms with E-state index in [9.17, 15) is 71.9 Å². The number of likely N-dealkylation sites (tertiary alicyclic amines) is 2. The van der Waals surface area contributed by atoms with Gasteiger partial charge in [-0.3, -0.25) is 76.9 Å². The van der Waals surface area contributed by atoms with Crippen LogP contribution in [0.5, 0.6) is 0 Å². The highest BCUT2D eigenvalue weighted by atomic mass is 16.6. The molecule has 10 aliphatic rings. The van der Waals surface area contributed by atoms with Crippen LogP contribution in [0, 0.1) is 98.6 Å². The first-order chi connectivity index (χ1) is 52.2. The second kappa shape index (κ2) is 38.5. The quantitative estimate of drug-likeness (QED) is 0.0257. The van der Waals surface area contributed by atoms with Crippen molar-refractivity contribution >= 4 is 88.0 Å². The van der Waals surface area contributed by atoms with E-state index in [0.717, 1.165) is 89.9 Å². The Morgan fingerprint density at radius 2 is 0.919 bits per heavy atom. The van der Waals surface area contributed by atoms with E-state index in [1.807, 2.05) is 41.5 Å². The number of Topliss-reactive ketones (excluding diaryl/α,β-unsaturated/α-hetero) is 7. The molecule has 6 saturated heterocycles.